The lowest BCUT2D eigenvalue weighted by Gasteiger charge is -2.30. The van der Waals surface area contributed by atoms with Gasteiger partial charge in [-0.2, -0.15) is 0 Å². The Morgan fingerprint density at radius 2 is 2.00 bits per heavy atom. The van der Waals surface area contributed by atoms with E-state index >= 15 is 0 Å². The number of amides is 2. The highest BCUT2D eigenvalue weighted by Gasteiger charge is 2.26. The van der Waals surface area contributed by atoms with Crippen molar-refractivity contribution in [2.24, 2.45) is 5.73 Å². The van der Waals surface area contributed by atoms with Crippen LogP contribution in [0.5, 0.6) is 0 Å². The smallest absolute Gasteiger partial charge is 0.258 e. The fourth-order valence-electron chi connectivity index (χ4n) is 2.95. The van der Waals surface area contributed by atoms with Gasteiger partial charge in [0.05, 0.1) is 0 Å². The molecular weight excluding hydrogens is 295 g/mol. The number of rotatable bonds is 2. The van der Waals surface area contributed by atoms with Gasteiger partial charge in [0, 0.05) is 23.4 Å². The summed E-state index contributed by atoms with van der Waals surface area (Å²) in [5.41, 5.74) is 8.11. The molecule has 0 unspecified atom stereocenters. The van der Waals surface area contributed by atoms with Gasteiger partial charge in [-0.25, -0.2) is 4.39 Å². The molecule has 0 atom stereocenters. The Hall–Kier alpha value is -2.69. The van der Waals surface area contributed by atoms with E-state index in [-0.39, 0.29) is 5.91 Å². The first-order valence-electron chi connectivity index (χ1n) is 7.48. The lowest BCUT2D eigenvalue weighted by molar-refractivity contribution is 0.0977. The molecule has 5 heteroatoms. The number of halogens is 1. The molecular formula is C18H17FN2O2. The number of carbonyl (C=O) groups is 2. The zero-order valence-electron chi connectivity index (χ0n) is 12.8. The van der Waals surface area contributed by atoms with Crippen LogP contribution in [0.25, 0.3) is 0 Å². The fraction of sp³-hybridized carbons (Fsp3) is 0.222. The van der Waals surface area contributed by atoms with Crippen molar-refractivity contribution >= 4 is 17.5 Å². The van der Waals surface area contributed by atoms with E-state index in [9.17, 15) is 14.0 Å². The number of nitrogens with two attached hydrogens (primary N) is 1. The normalized spacial score (nSPS) is 13.6. The molecule has 0 aromatic heterocycles. The van der Waals surface area contributed by atoms with Crippen molar-refractivity contribution in [3.05, 3.63) is 64.5 Å². The lowest BCUT2D eigenvalue weighted by atomic mass is 9.95. The van der Waals surface area contributed by atoms with Crippen LogP contribution in [0.3, 0.4) is 0 Å². The minimum Gasteiger partial charge on any atom is -0.366 e. The van der Waals surface area contributed by atoms with E-state index in [1.165, 1.54) is 6.07 Å². The summed E-state index contributed by atoms with van der Waals surface area (Å²) < 4.78 is 13.7. The number of aryl methyl sites for hydroxylation is 1. The van der Waals surface area contributed by atoms with Gasteiger partial charge in [-0.3, -0.25) is 9.59 Å². The summed E-state index contributed by atoms with van der Waals surface area (Å²) in [6.07, 6.45) is 1.43. The second-order valence-electron chi connectivity index (χ2n) is 5.69. The zero-order valence-corrected chi connectivity index (χ0v) is 12.8. The summed E-state index contributed by atoms with van der Waals surface area (Å²) in [5, 5.41) is 0. The summed E-state index contributed by atoms with van der Waals surface area (Å²) in [7, 11) is 0. The molecule has 1 heterocycles. The van der Waals surface area contributed by atoms with E-state index in [1.54, 1.807) is 42.2 Å². The summed E-state index contributed by atoms with van der Waals surface area (Å²) in [6, 6.07) is 9.63. The van der Waals surface area contributed by atoms with E-state index in [2.05, 4.69) is 0 Å². The van der Waals surface area contributed by atoms with E-state index in [0.29, 0.717) is 35.3 Å². The number of nitrogens with zero attached hydrogens (tertiary/aromatic N) is 1. The van der Waals surface area contributed by atoms with Gasteiger partial charge in [-0.1, -0.05) is 12.1 Å². The molecule has 0 fully saturated rings. The molecule has 0 radical (unpaired) electrons. The van der Waals surface area contributed by atoms with Crippen molar-refractivity contribution in [1.29, 1.82) is 0 Å². The van der Waals surface area contributed by atoms with E-state index in [0.717, 1.165) is 12.0 Å². The Kier molecular flexibility index (Phi) is 3.86. The molecule has 0 spiro atoms. The van der Waals surface area contributed by atoms with Gasteiger partial charge in [0.25, 0.3) is 5.91 Å². The standard InChI is InChI=1S/C18H17FN2O2/c1-11-7-8-12(10-15(11)19)18(23)21-9-3-5-13-14(17(20)22)4-2-6-16(13)21/h2,4,6-8,10H,3,5,9H2,1H3,(H2,20,22). The minimum absolute atomic E-state index is 0.272. The Bertz CT molecular complexity index is 802. The van der Waals surface area contributed by atoms with Crippen LogP contribution in [0.2, 0.25) is 0 Å². The molecule has 2 N–H and O–H groups in total. The van der Waals surface area contributed by atoms with Crippen molar-refractivity contribution in [3.63, 3.8) is 0 Å². The highest BCUT2D eigenvalue weighted by atomic mass is 19.1. The maximum absolute atomic E-state index is 13.7. The van der Waals surface area contributed by atoms with Crippen LogP contribution in [0.4, 0.5) is 10.1 Å². The third kappa shape index (κ3) is 2.70. The first-order valence-corrected chi connectivity index (χ1v) is 7.48. The van der Waals surface area contributed by atoms with Crippen molar-refractivity contribution in [2.45, 2.75) is 19.8 Å². The Labute approximate surface area is 133 Å². The number of carbonyl (C=O) groups excluding carboxylic acids is 2. The molecule has 0 bridgehead atoms. The van der Waals surface area contributed by atoms with Crippen LogP contribution in [0.15, 0.2) is 36.4 Å². The Balaban J connectivity index is 2.03. The zero-order chi connectivity index (χ0) is 16.6. The SMILES string of the molecule is Cc1ccc(C(=O)N2CCCc3c(C(N)=O)cccc32)cc1F. The second-order valence-corrected chi connectivity index (χ2v) is 5.69. The van der Waals surface area contributed by atoms with Crippen LogP contribution in [0.1, 0.15) is 38.3 Å². The monoisotopic (exact) mass is 312 g/mol. The third-order valence-electron chi connectivity index (χ3n) is 4.18. The Morgan fingerprint density at radius 1 is 1.22 bits per heavy atom. The predicted octanol–water partition coefficient (Wildman–Crippen LogP) is 2.83. The van der Waals surface area contributed by atoms with Crippen LogP contribution in [0, 0.1) is 12.7 Å². The van der Waals surface area contributed by atoms with Crippen molar-refractivity contribution in [2.75, 3.05) is 11.4 Å². The predicted molar refractivity (Wildman–Crippen MR) is 86.1 cm³/mol. The van der Waals surface area contributed by atoms with Gasteiger partial charge in [-0.15, -0.1) is 0 Å². The quantitative estimate of drug-likeness (QED) is 0.927. The van der Waals surface area contributed by atoms with Gasteiger partial charge >= 0.3 is 0 Å². The summed E-state index contributed by atoms with van der Waals surface area (Å²) >= 11 is 0. The maximum atomic E-state index is 13.7. The van der Waals surface area contributed by atoms with E-state index in [1.807, 2.05) is 0 Å². The molecule has 4 nitrogen and oxygen atoms in total. The van der Waals surface area contributed by atoms with Gasteiger partial charge in [0.15, 0.2) is 0 Å². The number of benzene rings is 2. The van der Waals surface area contributed by atoms with E-state index < -0.39 is 11.7 Å². The van der Waals surface area contributed by atoms with Crippen molar-refractivity contribution in [1.82, 2.24) is 0 Å². The number of hydrogen-bond donors (Lipinski definition) is 1. The van der Waals surface area contributed by atoms with Crippen LogP contribution in [-0.4, -0.2) is 18.4 Å². The molecule has 1 aliphatic rings. The molecule has 1 aliphatic heterocycles. The molecule has 118 valence electrons. The molecule has 0 aliphatic carbocycles. The number of primary amides is 1. The van der Waals surface area contributed by atoms with Crippen LogP contribution >= 0.6 is 0 Å². The Morgan fingerprint density at radius 3 is 2.70 bits per heavy atom. The largest absolute Gasteiger partial charge is 0.366 e. The van der Waals surface area contributed by atoms with Gasteiger partial charge in [0.2, 0.25) is 5.91 Å². The highest BCUT2D eigenvalue weighted by molar-refractivity contribution is 6.08. The molecule has 2 aromatic carbocycles. The molecule has 0 saturated heterocycles. The topological polar surface area (TPSA) is 63.4 Å². The summed E-state index contributed by atoms with van der Waals surface area (Å²) in [6.45, 7) is 2.18. The first-order chi connectivity index (χ1) is 11.0. The van der Waals surface area contributed by atoms with Crippen molar-refractivity contribution in [3.8, 4) is 0 Å². The van der Waals surface area contributed by atoms with Gasteiger partial charge in [0.1, 0.15) is 5.82 Å². The fourth-order valence-corrected chi connectivity index (χ4v) is 2.95. The third-order valence-corrected chi connectivity index (χ3v) is 4.18. The van der Waals surface area contributed by atoms with Crippen molar-refractivity contribution < 1.29 is 14.0 Å². The maximum Gasteiger partial charge on any atom is 0.258 e. The lowest BCUT2D eigenvalue weighted by Crippen LogP contribution is -2.36. The van der Waals surface area contributed by atoms with Gasteiger partial charge in [-0.05, 0) is 55.2 Å². The number of anilines is 1. The molecule has 2 amide bonds. The minimum atomic E-state index is -0.502. The second kappa shape index (κ2) is 5.83. The average Bonchev–Trinajstić information content (AvgIpc) is 2.55. The summed E-state index contributed by atoms with van der Waals surface area (Å²) in [4.78, 5) is 25.9. The van der Waals surface area contributed by atoms with Crippen LogP contribution < -0.4 is 10.6 Å². The highest BCUT2D eigenvalue weighted by Crippen LogP contribution is 2.31. The van der Waals surface area contributed by atoms with E-state index in [4.69, 9.17) is 5.73 Å². The molecule has 3 rings (SSSR count). The summed E-state index contributed by atoms with van der Waals surface area (Å²) in [5.74, 6) is -1.18. The van der Waals surface area contributed by atoms with Gasteiger partial charge < -0.3 is 10.6 Å². The number of fused-ring (bicyclic) bond motifs is 1. The first kappa shape index (κ1) is 15.2. The molecule has 0 saturated carbocycles. The van der Waals surface area contributed by atoms with Crippen LogP contribution in [-0.2, 0) is 6.42 Å². The molecule has 23 heavy (non-hydrogen) atoms. The number of hydrogen-bond acceptors (Lipinski definition) is 2. The molecule has 2 aromatic rings. The average molecular weight is 312 g/mol.